The molecule has 1 saturated heterocycles. The number of esters is 1. The van der Waals surface area contributed by atoms with Crippen molar-refractivity contribution in [1.29, 1.82) is 0 Å². The molecular formula is C20H19ClN2O4S2. The molecule has 1 aliphatic heterocycles. The number of nitrogens with zero attached hydrogens (tertiary/aromatic N) is 2. The van der Waals surface area contributed by atoms with Crippen molar-refractivity contribution in [3.63, 3.8) is 0 Å². The zero-order valence-corrected chi connectivity index (χ0v) is 18.1. The van der Waals surface area contributed by atoms with Crippen LogP contribution in [-0.4, -0.2) is 37.3 Å². The molecule has 9 heteroatoms. The maximum Gasteiger partial charge on any atom is 0.337 e. The van der Waals surface area contributed by atoms with Crippen molar-refractivity contribution in [3.8, 4) is 0 Å². The molecule has 4 rings (SSSR count). The van der Waals surface area contributed by atoms with Crippen LogP contribution in [0.4, 0.5) is 0 Å². The fourth-order valence-corrected chi connectivity index (χ4v) is 6.89. The summed E-state index contributed by atoms with van der Waals surface area (Å²) in [7, 11) is -2.68. The van der Waals surface area contributed by atoms with E-state index < -0.39 is 16.0 Å². The second-order valence-electron chi connectivity index (χ2n) is 6.78. The summed E-state index contributed by atoms with van der Waals surface area (Å²) >= 11 is 7.75. The van der Waals surface area contributed by atoms with E-state index in [2.05, 4.69) is 4.98 Å². The summed E-state index contributed by atoms with van der Waals surface area (Å²) < 4.78 is 34.3. The number of para-hydroxylation sites is 1. The molecule has 2 heterocycles. The van der Waals surface area contributed by atoms with Crippen LogP contribution in [0.15, 0.2) is 47.4 Å². The van der Waals surface area contributed by atoms with E-state index in [1.807, 2.05) is 24.3 Å². The molecule has 2 aromatic carbocycles. The minimum atomic E-state index is -3.93. The highest BCUT2D eigenvalue weighted by molar-refractivity contribution is 7.89. The van der Waals surface area contributed by atoms with Crippen LogP contribution in [0.5, 0.6) is 0 Å². The molecule has 0 aliphatic carbocycles. The number of rotatable bonds is 4. The summed E-state index contributed by atoms with van der Waals surface area (Å²) in [6.07, 6.45) is 2.37. The van der Waals surface area contributed by atoms with Crippen molar-refractivity contribution in [2.24, 2.45) is 0 Å². The lowest BCUT2D eigenvalue weighted by Gasteiger charge is -2.33. The summed E-state index contributed by atoms with van der Waals surface area (Å²) in [6, 6.07) is 11.6. The molecule has 0 N–H and O–H groups in total. The molecule has 152 valence electrons. The number of carbonyl (C=O) groups excluding carboxylic acids is 1. The number of fused-ring (bicyclic) bond motifs is 1. The molecule has 1 unspecified atom stereocenters. The van der Waals surface area contributed by atoms with E-state index in [0.29, 0.717) is 13.0 Å². The lowest BCUT2D eigenvalue weighted by atomic mass is 10.1. The lowest BCUT2D eigenvalue weighted by Crippen LogP contribution is -2.38. The number of piperidine rings is 1. The van der Waals surface area contributed by atoms with E-state index in [0.717, 1.165) is 28.1 Å². The summed E-state index contributed by atoms with van der Waals surface area (Å²) in [4.78, 5) is 16.5. The number of ether oxygens (including phenoxy) is 1. The van der Waals surface area contributed by atoms with Crippen LogP contribution in [0.2, 0.25) is 5.02 Å². The largest absolute Gasteiger partial charge is 0.465 e. The predicted molar refractivity (Wildman–Crippen MR) is 113 cm³/mol. The number of carbonyl (C=O) groups is 1. The number of hydrogen-bond donors (Lipinski definition) is 0. The van der Waals surface area contributed by atoms with Crippen molar-refractivity contribution in [2.75, 3.05) is 13.7 Å². The standard InChI is InChI=1S/C20H19ClN2O4S2/c1-27-20(24)13-9-10-14(21)18(12-13)29(25,26)23-11-5-4-7-16(23)19-22-15-6-2-3-8-17(15)28-19/h2-3,6,8-10,12,16H,4-5,7,11H2,1H3. The number of thiazole rings is 1. The monoisotopic (exact) mass is 450 g/mol. The Hall–Kier alpha value is -2.00. The third kappa shape index (κ3) is 3.77. The number of halogens is 1. The van der Waals surface area contributed by atoms with Gasteiger partial charge in [0, 0.05) is 6.54 Å². The minimum absolute atomic E-state index is 0.0753. The van der Waals surface area contributed by atoms with Gasteiger partial charge >= 0.3 is 5.97 Å². The normalized spacial score (nSPS) is 18.1. The zero-order valence-electron chi connectivity index (χ0n) is 15.7. The third-order valence-electron chi connectivity index (χ3n) is 4.99. The second kappa shape index (κ2) is 8.02. The van der Waals surface area contributed by atoms with Gasteiger partial charge in [0.2, 0.25) is 10.0 Å². The quantitative estimate of drug-likeness (QED) is 0.540. The third-order valence-corrected chi connectivity index (χ3v) is 8.52. The first-order valence-electron chi connectivity index (χ1n) is 9.17. The first kappa shape index (κ1) is 20.3. The van der Waals surface area contributed by atoms with Crippen LogP contribution in [0.25, 0.3) is 10.2 Å². The van der Waals surface area contributed by atoms with E-state index in [1.165, 1.54) is 41.0 Å². The molecule has 1 atom stereocenters. The first-order valence-corrected chi connectivity index (χ1v) is 11.8. The second-order valence-corrected chi connectivity index (χ2v) is 10.1. The summed E-state index contributed by atoms with van der Waals surface area (Å²) in [5, 5.41) is 0.848. The smallest absolute Gasteiger partial charge is 0.337 e. The topological polar surface area (TPSA) is 76.6 Å². The molecule has 0 spiro atoms. The Morgan fingerprint density at radius 3 is 2.79 bits per heavy atom. The van der Waals surface area contributed by atoms with Crippen LogP contribution >= 0.6 is 22.9 Å². The number of sulfonamides is 1. The molecule has 1 aromatic heterocycles. The van der Waals surface area contributed by atoms with E-state index in [-0.39, 0.29) is 21.5 Å². The summed E-state index contributed by atoms with van der Waals surface area (Å²) in [5.41, 5.74) is 1.00. The lowest BCUT2D eigenvalue weighted by molar-refractivity contribution is 0.0600. The van der Waals surface area contributed by atoms with Gasteiger partial charge in [-0.1, -0.05) is 30.2 Å². The SMILES string of the molecule is COC(=O)c1ccc(Cl)c(S(=O)(=O)N2CCCCC2c2nc3ccccc3s2)c1. The van der Waals surface area contributed by atoms with Crippen LogP contribution in [0.1, 0.15) is 40.7 Å². The molecule has 1 aliphatic rings. The Bertz CT molecular complexity index is 1140. The van der Waals surface area contributed by atoms with Gasteiger partial charge < -0.3 is 4.74 Å². The maximum atomic E-state index is 13.5. The maximum absolute atomic E-state index is 13.5. The predicted octanol–water partition coefficient (Wildman–Crippen LogP) is 4.65. The Labute approximate surface area is 178 Å². The molecule has 3 aromatic rings. The Balaban J connectivity index is 1.77. The molecule has 0 radical (unpaired) electrons. The van der Waals surface area contributed by atoms with Crippen molar-refractivity contribution < 1.29 is 17.9 Å². The molecule has 0 saturated carbocycles. The summed E-state index contributed by atoms with van der Waals surface area (Å²) in [6.45, 7) is 0.377. The molecule has 0 amide bonds. The van der Waals surface area contributed by atoms with Crippen molar-refractivity contribution >= 4 is 49.1 Å². The Morgan fingerprint density at radius 2 is 2.03 bits per heavy atom. The van der Waals surface area contributed by atoms with Gasteiger partial charge in [-0.2, -0.15) is 4.31 Å². The molecular weight excluding hydrogens is 432 g/mol. The number of aromatic nitrogens is 1. The fraction of sp³-hybridized carbons (Fsp3) is 0.300. The molecule has 29 heavy (non-hydrogen) atoms. The van der Waals surface area contributed by atoms with Crippen LogP contribution in [0, 0.1) is 0 Å². The number of hydrogen-bond acceptors (Lipinski definition) is 6. The van der Waals surface area contributed by atoms with Crippen LogP contribution in [0.3, 0.4) is 0 Å². The van der Waals surface area contributed by atoms with Crippen molar-refractivity contribution in [3.05, 3.63) is 58.1 Å². The average molecular weight is 451 g/mol. The highest BCUT2D eigenvalue weighted by Gasteiger charge is 2.37. The molecule has 1 fully saturated rings. The van der Waals surface area contributed by atoms with Crippen molar-refractivity contribution in [2.45, 2.75) is 30.2 Å². The zero-order chi connectivity index (χ0) is 20.6. The molecule has 0 bridgehead atoms. The van der Waals surface area contributed by atoms with Gasteiger partial charge in [-0.25, -0.2) is 18.2 Å². The van der Waals surface area contributed by atoms with Gasteiger partial charge in [-0.05, 0) is 43.2 Å². The number of benzene rings is 2. The van der Waals surface area contributed by atoms with E-state index in [9.17, 15) is 13.2 Å². The highest BCUT2D eigenvalue weighted by Crippen LogP contribution is 2.40. The van der Waals surface area contributed by atoms with Crippen LogP contribution in [-0.2, 0) is 14.8 Å². The van der Waals surface area contributed by atoms with E-state index >= 15 is 0 Å². The van der Waals surface area contributed by atoms with Gasteiger partial charge in [0.25, 0.3) is 0 Å². The van der Waals surface area contributed by atoms with Gasteiger partial charge in [-0.3, -0.25) is 0 Å². The number of methoxy groups -OCH3 is 1. The van der Waals surface area contributed by atoms with Crippen LogP contribution < -0.4 is 0 Å². The first-order chi connectivity index (χ1) is 13.9. The Kier molecular flexibility index (Phi) is 5.61. The highest BCUT2D eigenvalue weighted by atomic mass is 35.5. The van der Waals surface area contributed by atoms with E-state index in [1.54, 1.807) is 0 Å². The summed E-state index contributed by atoms with van der Waals surface area (Å²) in [5.74, 6) is -0.612. The molecule has 6 nitrogen and oxygen atoms in total. The van der Waals surface area contributed by atoms with Gasteiger partial charge in [-0.15, -0.1) is 11.3 Å². The van der Waals surface area contributed by atoms with E-state index in [4.69, 9.17) is 16.3 Å². The van der Waals surface area contributed by atoms with Gasteiger partial charge in [0.15, 0.2) is 0 Å². The average Bonchev–Trinajstić information content (AvgIpc) is 3.17. The van der Waals surface area contributed by atoms with Gasteiger partial charge in [0.05, 0.1) is 34.0 Å². The van der Waals surface area contributed by atoms with Crippen molar-refractivity contribution in [1.82, 2.24) is 9.29 Å². The fourth-order valence-electron chi connectivity index (χ4n) is 3.54. The minimum Gasteiger partial charge on any atom is -0.465 e. The van der Waals surface area contributed by atoms with Gasteiger partial charge in [0.1, 0.15) is 9.90 Å². The Morgan fingerprint density at radius 1 is 1.24 bits per heavy atom.